The van der Waals surface area contributed by atoms with Crippen LogP contribution in [-0.2, 0) is 10.3 Å². The third-order valence-corrected chi connectivity index (χ3v) is 4.65. The number of benzene rings is 2. The average molecular weight is 312 g/mol. The molecule has 4 atom stereocenters. The van der Waals surface area contributed by atoms with Gasteiger partial charge in [0.15, 0.2) is 6.10 Å². The summed E-state index contributed by atoms with van der Waals surface area (Å²) in [6.45, 7) is 0. The second-order valence-corrected chi connectivity index (χ2v) is 5.95. The van der Waals surface area contributed by atoms with Crippen LogP contribution >= 0.6 is 0 Å². The maximum atomic E-state index is 12.3. The molecule has 0 unspecified atom stereocenters. The Morgan fingerprint density at radius 1 is 1.09 bits per heavy atom. The monoisotopic (exact) mass is 312 g/mol. The molecule has 1 fully saturated rings. The fourth-order valence-corrected chi connectivity index (χ4v) is 3.38. The maximum absolute atomic E-state index is 12.3. The fourth-order valence-electron chi connectivity index (χ4n) is 3.38. The number of nitrogens with two attached hydrogens (primary N) is 1. The number of carbonyl (C=O) groups excluding carboxylic acids is 1. The van der Waals surface area contributed by atoms with Crippen molar-refractivity contribution in [3.8, 4) is 0 Å². The minimum absolute atomic E-state index is 0.490. The molecule has 1 aliphatic heterocycles. The van der Waals surface area contributed by atoms with Crippen LogP contribution in [0.25, 0.3) is 0 Å². The van der Waals surface area contributed by atoms with Gasteiger partial charge < -0.3 is 20.8 Å². The van der Waals surface area contributed by atoms with Crippen molar-refractivity contribution in [2.75, 3.05) is 7.05 Å². The lowest BCUT2D eigenvalue weighted by Crippen LogP contribution is -2.55. The molecule has 1 aliphatic rings. The van der Waals surface area contributed by atoms with Gasteiger partial charge in [0, 0.05) is 7.05 Å². The number of likely N-dealkylation sites (N-methyl/N-ethyl adjacent to an activating group) is 1. The molecule has 2 aromatic rings. The first-order chi connectivity index (χ1) is 11.0. The number of aliphatic hydroxyl groups excluding tert-OH is 2. The number of rotatable bonds is 3. The Bertz CT molecular complexity index is 692. The first-order valence-corrected chi connectivity index (χ1v) is 7.50. The SMILES string of the molecule is CN1C(=O)[C@@H](O)[C@](N)(c2ccccc2)[C@@H]1[C@@H](O)c1ccccc1. The molecule has 23 heavy (non-hydrogen) atoms. The Morgan fingerprint density at radius 2 is 1.61 bits per heavy atom. The summed E-state index contributed by atoms with van der Waals surface area (Å²) in [6.07, 6.45) is -2.41. The number of amides is 1. The third-order valence-electron chi connectivity index (χ3n) is 4.65. The minimum Gasteiger partial charge on any atom is -0.386 e. The molecule has 1 saturated heterocycles. The van der Waals surface area contributed by atoms with E-state index in [9.17, 15) is 15.0 Å². The summed E-state index contributed by atoms with van der Waals surface area (Å²) < 4.78 is 0. The number of hydrogen-bond donors (Lipinski definition) is 3. The Morgan fingerprint density at radius 3 is 2.17 bits per heavy atom. The molecule has 0 aliphatic carbocycles. The van der Waals surface area contributed by atoms with Gasteiger partial charge in [-0.2, -0.15) is 0 Å². The van der Waals surface area contributed by atoms with E-state index in [0.29, 0.717) is 11.1 Å². The van der Waals surface area contributed by atoms with Crippen LogP contribution in [0.3, 0.4) is 0 Å². The minimum atomic E-state index is -1.40. The predicted molar refractivity (Wildman–Crippen MR) is 86.3 cm³/mol. The zero-order chi connectivity index (χ0) is 16.6. The molecule has 5 nitrogen and oxygen atoms in total. The van der Waals surface area contributed by atoms with Gasteiger partial charge in [-0.1, -0.05) is 60.7 Å². The van der Waals surface area contributed by atoms with Crippen molar-refractivity contribution in [1.82, 2.24) is 4.90 Å². The third kappa shape index (κ3) is 2.34. The highest BCUT2D eigenvalue weighted by Gasteiger charge is 2.58. The van der Waals surface area contributed by atoms with Crippen molar-refractivity contribution in [3.63, 3.8) is 0 Å². The number of nitrogens with zero attached hydrogens (tertiary/aromatic N) is 1. The van der Waals surface area contributed by atoms with Crippen molar-refractivity contribution in [1.29, 1.82) is 0 Å². The van der Waals surface area contributed by atoms with Crippen LogP contribution in [0.2, 0.25) is 0 Å². The zero-order valence-corrected chi connectivity index (χ0v) is 12.8. The predicted octanol–water partition coefficient (Wildman–Crippen LogP) is 0.776. The summed E-state index contributed by atoms with van der Waals surface area (Å²) in [7, 11) is 1.56. The molecule has 0 radical (unpaired) electrons. The van der Waals surface area contributed by atoms with Gasteiger partial charge in [0.05, 0.1) is 6.04 Å². The van der Waals surface area contributed by atoms with E-state index in [4.69, 9.17) is 5.73 Å². The fraction of sp³-hybridized carbons (Fsp3) is 0.278. The van der Waals surface area contributed by atoms with Gasteiger partial charge in [-0.3, -0.25) is 4.79 Å². The summed E-state index contributed by atoms with van der Waals surface area (Å²) in [5.74, 6) is -0.490. The van der Waals surface area contributed by atoms with E-state index in [2.05, 4.69) is 0 Å². The lowest BCUT2D eigenvalue weighted by molar-refractivity contribution is -0.135. The van der Waals surface area contributed by atoms with Crippen molar-refractivity contribution in [2.45, 2.75) is 23.8 Å². The normalized spacial score (nSPS) is 28.9. The Balaban J connectivity index is 2.10. The van der Waals surface area contributed by atoms with E-state index in [1.54, 1.807) is 43.4 Å². The molecule has 2 aromatic carbocycles. The quantitative estimate of drug-likeness (QED) is 0.781. The molecule has 4 N–H and O–H groups in total. The highest BCUT2D eigenvalue weighted by Crippen LogP contribution is 2.41. The summed E-state index contributed by atoms with van der Waals surface area (Å²) in [6, 6.07) is 17.2. The lowest BCUT2D eigenvalue weighted by Gasteiger charge is -2.37. The largest absolute Gasteiger partial charge is 0.386 e. The second-order valence-electron chi connectivity index (χ2n) is 5.95. The summed E-state index contributed by atoms with van der Waals surface area (Å²) >= 11 is 0. The van der Waals surface area contributed by atoms with Gasteiger partial charge in [0.25, 0.3) is 5.91 Å². The Labute approximate surface area is 135 Å². The van der Waals surface area contributed by atoms with E-state index in [1.165, 1.54) is 4.90 Å². The molecule has 3 rings (SSSR count). The lowest BCUT2D eigenvalue weighted by atomic mass is 9.78. The van der Waals surface area contributed by atoms with E-state index >= 15 is 0 Å². The Hall–Kier alpha value is -2.21. The molecular weight excluding hydrogens is 292 g/mol. The molecule has 0 bridgehead atoms. The average Bonchev–Trinajstić information content (AvgIpc) is 2.77. The summed E-state index contributed by atoms with van der Waals surface area (Å²) in [4.78, 5) is 13.7. The molecule has 1 amide bonds. The molecule has 0 saturated carbocycles. The van der Waals surface area contributed by atoms with Crippen LogP contribution in [0, 0.1) is 0 Å². The number of hydrogen-bond acceptors (Lipinski definition) is 4. The van der Waals surface area contributed by atoms with E-state index in [0.717, 1.165) is 0 Å². The van der Waals surface area contributed by atoms with Gasteiger partial charge in [0.2, 0.25) is 0 Å². The molecule has 1 heterocycles. The first kappa shape index (κ1) is 15.7. The standard InChI is InChI=1S/C18H20N2O3/c1-20-15(14(21)12-8-4-2-5-9-12)18(19,16(22)17(20)23)13-10-6-3-7-11-13/h2-11,14-16,21-22H,19H2,1H3/t14-,15-,16+,18-/m0/s1. The van der Waals surface area contributed by atoms with E-state index in [1.807, 2.05) is 24.3 Å². The zero-order valence-electron chi connectivity index (χ0n) is 12.8. The summed E-state index contributed by atoms with van der Waals surface area (Å²) in [5, 5.41) is 21.3. The van der Waals surface area contributed by atoms with Crippen molar-refractivity contribution >= 4 is 5.91 Å². The molecule has 0 spiro atoms. The van der Waals surface area contributed by atoms with Crippen molar-refractivity contribution in [3.05, 3.63) is 71.8 Å². The number of aliphatic hydroxyl groups is 2. The van der Waals surface area contributed by atoms with Crippen molar-refractivity contribution in [2.24, 2.45) is 5.73 Å². The number of carbonyl (C=O) groups is 1. The first-order valence-electron chi connectivity index (χ1n) is 7.50. The van der Waals surface area contributed by atoms with Crippen LogP contribution < -0.4 is 5.73 Å². The Kier molecular flexibility index (Phi) is 3.93. The molecule has 0 aromatic heterocycles. The van der Waals surface area contributed by atoms with Crippen LogP contribution in [0.15, 0.2) is 60.7 Å². The second kappa shape index (κ2) is 5.77. The highest BCUT2D eigenvalue weighted by atomic mass is 16.3. The van der Waals surface area contributed by atoms with Crippen LogP contribution in [0.5, 0.6) is 0 Å². The maximum Gasteiger partial charge on any atom is 0.253 e. The van der Waals surface area contributed by atoms with E-state index < -0.39 is 29.7 Å². The smallest absolute Gasteiger partial charge is 0.253 e. The van der Waals surface area contributed by atoms with Gasteiger partial charge >= 0.3 is 0 Å². The van der Waals surface area contributed by atoms with Gasteiger partial charge in [0.1, 0.15) is 11.6 Å². The molecule has 5 heteroatoms. The van der Waals surface area contributed by atoms with E-state index in [-0.39, 0.29) is 0 Å². The van der Waals surface area contributed by atoms with Crippen LogP contribution in [0.1, 0.15) is 17.2 Å². The van der Waals surface area contributed by atoms with Crippen molar-refractivity contribution < 1.29 is 15.0 Å². The molecular formula is C18H20N2O3. The van der Waals surface area contributed by atoms with Crippen LogP contribution in [0.4, 0.5) is 0 Å². The topological polar surface area (TPSA) is 86.8 Å². The van der Waals surface area contributed by atoms with Crippen LogP contribution in [-0.4, -0.2) is 40.2 Å². The van der Waals surface area contributed by atoms with Gasteiger partial charge in [-0.05, 0) is 11.1 Å². The van der Waals surface area contributed by atoms with Gasteiger partial charge in [-0.25, -0.2) is 0 Å². The van der Waals surface area contributed by atoms with Gasteiger partial charge in [-0.15, -0.1) is 0 Å². The number of likely N-dealkylation sites (tertiary alicyclic amines) is 1. The molecule has 120 valence electrons. The summed E-state index contributed by atoms with van der Waals surface area (Å²) in [5.41, 5.74) is 6.39. The highest BCUT2D eigenvalue weighted by molar-refractivity contribution is 5.86.